The van der Waals surface area contributed by atoms with E-state index in [1.807, 2.05) is 0 Å². The van der Waals surface area contributed by atoms with Gasteiger partial charge in [-0.2, -0.15) is 5.10 Å². The average Bonchev–Trinajstić information content (AvgIpc) is 2.74. The lowest BCUT2D eigenvalue weighted by Crippen LogP contribution is -2.17. The predicted molar refractivity (Wildman–Crippen MR) is 76.4 cm³/mol. The van der Waals surface area contributed by atoms with E-state index >= 15 is 0 Å². The molecular weight excluding hydrogens is 274 g/mol. The molecule has 2 heterocycles. The number of imidazole rings is 1. The smallest absolute Gasteiger partial charge is 0.321 e. The lowest BCUT2D eigenvalue weighted by atomic mass is 10.2. The van der Waals surface area contributed by atoms with E-state index in [-0.39, 0.29) is 16.9 Å². The molecule has 0 saturated heterocycles. The van der Waals surface area contributed by atoms with Gasteiger partial charge in [0, 0.05) is 18.8 Å². The Morgan fingerprint density at radius 3 is 2.76 bits per heavy atom. The first-order valence-electron chi connectivity index (χ1n) is 6.10. The highest BCUT2D eigenvalue weighted by atomic mass is 16.2. The summed E-state index contributed by atoms with van der Waals surface area (Å²) in [6, 6.07) is 7.61. The Bertz CT molecular complexity index is 930. The van der Waals surface area contributed by atoms with Gasteiger partial charge >= 0.3 is 5.69 Å². The molecule has 1 aromatic carbocycles. The Balaban J connectivity index is 1.91. The normalized spacial score (nSPS) is 10.7. The number of anilines is 1. The van der Waals surface area contributed by atoms with Crippen molar-refractivity contribution < 1.29 is 4.79 Å². The van der Waals surface area contributed by atoms with Crippen molar-refractivity contribution >= 4 is 22.6 Å². The summed E-state index contributed by atoms with van der Waals surface area (Å²) in [7, 11) is 1.66. The van der Waals surface area contributed by atoms with Crippen LogP contribution in [0.4, 0.5) is 5.69 Å². The van der Waals surface area contributed by atoms with Crippen molar-refractivity contribution in [1.29, 1.82) is 0 Å². The van der Waals surface area contributed by atoms with Crippen LogP contribution in [-0.4, -0.2) is 25.7 Å². The number of aromatic amines is 2. The van der Waals surface area contributed by atoms with Crippen LogP contribution < -0.4 is 16.6 Å². The summed E-state index contributed by atoms with van der Waals surface area (Å²) < 4.78 is 1.48. The Hall–Kier alpha value is -3.16. The molecule has 106 valence electrons. The molecule has 0 spiro atoms. The lowest BCUT2D eigenvalue weighted by molar-refractivity contribution is 0.102. The first-order valence-corrected chi connectivity index (χ1v) is 6.10. The second-order valence-corrected chi connectivity index (χ2v) is 4.48. The van der Waals surface area contributed by atoms with Gasteiger partial charge in [0.1, 0.15) is 5.69 Å². The number of aryl methyl sites for hydroxylation is 1. The van der Waals surface area contributed by atoms with Crippen molar-refractivity contribution in [3.05, 3.63) is 56.9 Å². The number of benzene rings is 1. The molecule has 0 aliphatic heterocycles. The zero-order valence-electron chi connectivity index (χ0n) is 11.0. The van der Waals surface area contributed by atoms with Gasteiger partial charge in [-0.05, 0) is 24.3 Å². The number of H-pyrrole nitrogens is 2. The number of aromatic nitrogens is 4. The Labute approximate surface area is 117 Å². The minimum absolute atomic E-state index is 0.0938. The van der Waals surface area contributed by atoms with E-state index in [0.29, 0.717) is 11.2 Å². The average molecular weight is 285 g/mol. The van der Waals surface area contributed by atoms with Crippen LogP contribution in [0.3, 0.4) is 0 Å². The molecule has 0 atom stereocenters. The van der Waals surface area contributed by atoms with Gasteiger partial charge in [-0.1, -0.05) is 0 Å². The highest BCUT2D eigenvalue weighted by Gasteiger charge is 2.09. The van der Waals surface area contributed by atoms with Crippen molar-refractivity contribution in [3.63, 3.8) is 0 Å². The fourth-order valence-corrected chi connectivity index (χ4v) is 1.98. The maximum absolute atomic E-state index is 12.0. The minimum atomic E-state index is -0.455. The summed E-state index contributed by atoms with van der Waals surface area (Å²) in [6.07, 6.45) is 0. The highest BCUT2D eigenvalue weighted by molar-refractivity contribution is 6.03. The molecule has 2 aromatic heterocycles. The number of rotatable bonds is 2. The first-order chi connectivity index (χ1) is 10.0. The number of nitrogens with zero attached hydrogens (tertiary/aromatic N) is 2. The molecule has 1 amide bonds. The van der Waals surface area contributed by atoms with Crippen molar-refractivity contribution in [3.8, 4) is 0 Å². The van der Waals surface area contributed by atoms with Crippen molar-refractivity contribution in [2.45, 2.75) is 0 Å². The standard InChI is InChI=1S/C13H11N5O3/c1-18-10-4-2-7(6-9(10)15-13(18)21)14-12(20)8-3-5-11(19)17-16-8/h2-6H,1H3,(H,14,20)(H,15,21)(H,17,19). The fraction of sp³-hybridized carbons (Fsp3) is 0.0769. The Morgan fingerprint density at radius 2 is 2.05 bits per heavy atom. The van der Waals surface area contributed by atoms with Gasteiger partial charge in [0.15, 0.2) is 0 Å². The molecule has 21 heavy (non-hydrogen) atoms. The number of amides is 1. The quantitative estimate of drug-likeness (QED) is 0.624. The van der Waals surface area contributed by atoms with Gasteiger partial charge in [0.2, 0.25) is 0 Å². The lowest BCUT2D eigenvalue weighted by Gasteiger charge is -2.04. The van der Waals surface area contributed by atoms with Crippen LogP contribution in [0.5, 0.6) is 0 Å². The van der Waals surface area contributed by atoms with Gasteiger partial charge < -0.3 is 10.3 Å². The third-order valence-corrected chi connectivity index (χ3v) is 3.07. The van der Waals surface area contributed by atoms with Crippen LogP contribution in [-0.2, 0) is 7.05 Å². The molecule has 8 nitrogen and oxygen atoms in total. The zero-order valence-corrected chi connectivity index (χ0v) is 11.0. The summed E-state index contributed by atoms with van der Waals surface area (Å²) in [6.45, 7) is 0. The first kappa shape index (κ1) is 12.9. The van der Waals surface area contributed by atoms with E-state index in [4.69, 9.17) is 0 Å². The molecule has 8 heteroatoms. The van der Waals surface area contributed by atoms with Gasteiger partial charge in [-0.25, -0.2) is 9.89 Å². The van der Waals surface area contributed by atoms with Gasteiger partial charge in [0.05, 0.1) is 11.0 Å². The molecule has 0 aliphatic rings. The predicted octanol–water partition coefficient (Wildman–Crippen LogP) is 0.202. The van der Waals surface area contributed by atoms with Gasteiger partial charge in [-0.15, -0.1) is 0 Å². The monoisotopic (exact) mass is 285 g/mol. The van der Waals surface area contributed by atoms with Crippen LogP contribution in [0.2, 0.25) is 0 Å². The fourth-order valence-electron chi connectivity index (χ4n) is 1.98. The van der Waals surface area contributed by atoms with Crippen molar-refractivity contribution in [1.82, 2.24) is 19.7 Å². The van der Waals surface area contributed by atoms with Crippen LogP contribution in [0.25, 0.3) is 11.0 Å². The molecule has 0 radical (unpaired) electrons. The van der Waals surface area contributed by atoms with Gasteiger partial charge in [-0.3, -0.25) is 14.2 Å². The second kappa shape index (κ2) is 4.75. The highest BCUT2D eigenvalue weighted by Crippen LogP contribution is 2.16. The molecule has 3 N–H and O–H groups in total. The third kappa shape index (κ3) is 2.34. The van der Waals surface area contributed by atoms with E-state index in [9.17, 15) is 14.4 Å². The third-order valence-electron chi connectivity index (χ3n) is 3.07. The number of hydrogen-bond donors (Lipinski definition) is 3. The molecule has 0 fully saturated rings. The summed E-state index contributed by atoms with van der Waals surface area (Å²) in [5.74, 6) is -0.455. The van der Waals surface area contributed by atoms with Crippen molar-refractivity contribution in [2.24, 2.45) is 7.05 Å². The van der Waals surface area contributed by atoms with E-state index < -0.39 is 5.91 Å². The molecule has 0 unspecified atom stereocenters. The van der Waals surface area contributed by atoms with E-state index in [1.165, 1.54) is 16.7 Å². The molecule has 0 bridgehead atoms. The van der Waals surface area contributed by atoms with Crippen LogP contribution in [0, 0.1) is 0 Å². The molecule has 0 saturated carbocycles. The summed E-state index contributed by atoms with van der Waals surface area (Å²) in [4.78, 5) is 37.0. The Kier molecular flexibility index (Phi) is 2.90. The summed E-state index contributed by atoms with van der Waals surface area (Å²) in [5.41, 5.74) is 1.36. The minimum Gasteiger partial charge on any atom is -0.321 e. The second-order valence-electron chi connectivity index (χ2n) is 4.48. The topological polar surface area (TPSA) is 113 Å². The largest absolute Gasteiger partial charge is 0.326 e. The van der Waals surface area contributed by atoms with E-state index in [2.05, 4.69) is 20.5 Å². The van der Waals surface area contributed by atoms with E-state index in [1.54, 1.807) is 25.2 Å². The molecule has 0 aliphatic carbocycles. The summed E-state index contributed by atoms with van der Waals surface area (Å²) in [5, 5.41) is 8.48. The zero-order chi connectivity index (χ0) is 15.0. The molecule has 3 aromatic rings. The maximum atomic E-state index is 12.0. The maximum Gasteiger partial charge on any atom is 0.326 e. The number of carbonyl (C=O) groups is 1. The molecular formula is C13H11N5O3. The van der Waals surface area contributed by atoms with Crippen LogP contribution in [0.15, 0.2) is 39.9 Å². The summed E-state index contributed by atoms with van der Waals surface area (Å²) >= 11 is 0. The number of nitrogens with one attached hydrogen (secondary N) is 3. The molecule has 3 rings (SSSR count). The van der Waals surface area contributed by atoms with E-state index in [0.717, 1.165) is 5.52 Å². The van der Waals surface area contributed by atoms with Crippen LogP contribution in [0.1, 0.15) is 10.5 Å². The Morgan fingerprint density at radius 1 is 1.24 bits per heavy atom. The SMILES string of the molecule is Cn1c(=O)[nH]c2cc(NC(=O)c3ccc(=O)[nH]n3)ccc21. The van der Waals surface area contributed by atoms with Crippen molar-refractivity contribution in [2.75, 3.05) is 5.32 Å². The van der Waals surface area contributed by atoms with Crippen LogP contribution >= 0.6 is 0 Å². The number of carbonyl (C=O) groups excluding carboxylic acids is 1. The number of fused-ring (bicyclic) bond motifs is 1. The van der Waals surface area contributed by atoms with Gasteiger partial charge in [0.25, 0.3) is 11.5 Å². The number of hydrogen-bond acceptors (Lipinski definition) is 4.